The molecule has 21 heavy (non-hydrogen) atoms. The summed E-state index contributed by atoms with van der Waals surface area (Å²) in [5.41, 5.74) is 3.03. The lowest BCUT2D eigenvalue weighted by Gasteiger charge is -2.19. The van der Waals surface area contributed by atoms with Crippen LogP contribution in [0.4, 0.5) is 0 Å². The van der Waals surface area contributed by atoms with Gasteiger partial charge in [-0.05, 0) is 35.1 Å². The highest BCUT2D eigenvalue weighted by molar-refractivity contribution is 5.86. The fourth-order valence-electron chi connectivity index (χ4n) is 2.13. The van der Waals surface area contributed by atoms with Crippen molar-refractivity contribution in [3.63, 3.8) is 0 Å². The molecule has 1 aromatic carbocycles. The molecular weight excluding hydrogens is 264 g/mol. The van der Waals surface area contributed by atoms with Crippen LogP contribution in [0, 0.1) is 0 Å². The fourth-order valence-corrected chi connectivity index (χ4v) is 2.13. The third-order valence-corrected chi connectivity index (χ3v) is 3.52. The standard InChI is InChI=1S/C17H22N2O2/c1-11(2)14-10-15(16(20)21)19(18-14)13-8-6-12(7-9-13)17(3,4)5/h6-11H,1-5H3,(H,20,21). The van der Waals surface area contributed by atoms with E-state index in [1.54, 1.807) is 6.07 Å². The highest BCUT2D eigenvalue weighted by Crippen LogP contribution is 2.24. The summed E-state index contributed by atoms with van der Waals surface area (Å²) in [6, 6.07) is 9.54. The molecule has 0 aliphatic carbocycles. The van der Waals surface area contributed by atoms with Crippen molar-refractivity contribution in [2.45, 2.75) is 46.0 Å². The van der Waals surface area contributed by atoms with Crippen LogP contribution in [-0.4, -0.2) is 20.9 Å². The summed E-state index contributed by atoms with van der Waals surface area (Å²) in [6.45, 7) is 10.4. The predicted octanol–water partition coefficient (Wildman–Crippen LogP) is 3.99. The second kappa shape index (κ2) is 5.35. The minimum absolute atomic E-state index is 0.0708. The van der Waals surface area contributed by atoms with Crippen molar-refractivity contribution >= 4 is 5.97 Å². The van der Waals surface area contributed by atoms with Gasteiger partial charge in [0.25, 0.3) is 0 Å². The molecule has 0 aliphatic rings. The molecule has 0 atom stereocenters. The van der Waals surface area contributed by atoms with E-state index >= 15 is 0 Å². The van der Waals surface area contributed by atoms with Gasteiger partial charge in [0.15, 0.2) is 5.69 Å². The second-order valence-corrected chi connectivity index (χ2v) is 6.62. The van der Waals surface area contributed by atoms with Gasteiger partial charge in [-0.1, -0.05) is 46.8 Å². The molecule has 0 saturated carbocycles. The molecule has 4 heteroatoms. The maximum atomic E-state index is 11.4. The number of nitrogens with zero attached hydrogens (tertiary/aromatic N) is 2. The summed E-state index contributed by atoms with van der Waals surface area (Å²) in [6.07, 6.45) is 0. The van der Waals surface area contributed by atoms with Gasteiger partial charge < -0.3 is 5.11 Å². The number of hydrogen-bond acceptors (Lipinski definition) is 2. The number of aromatic carboxylic acids is 1. The first kappa shape index (κ1) is 15.3. The summed E-state index contributed by atoms with van der Waals surface area (Å²) in [5, 5.41) is 13.8. The van der Waals surface area contributed by atoms with Gasteiger partial charge in [0.1, 0.15) is 0 Å². The highest BCUT2D eigenvalue weighted by Gasteiger charge is 2.18. The summed E-state index contributed by atoms with van der Waals surface area (Å²) >= 11 is 0. The third-order valence-electron chi connectivity index (χ3n) is 3.52. The molecule has 112 valence electrons. The molecular formula is C17H22N2O2. The van der Waals surface area contributed by atoms with E-state index in [0.29, 0.717) is 0 Å². The van der Waals surface area contributed by atoms with Gasteiger partial charge >= 0.3 is 5.97 Å². The zero-order valence-corrected chi connectivity index (χ0v) is 13.2. The van der Waals surface area contributed by atoms with Crippen LogP contribution in [0.5, 0.6) is 0 Å². The van der Waals surface area contributed by atoms with Crippen LogP contribution in [0.2, 0.25) is 0 Å². The number of rotatable bonds is 3. The summed E-state index contributed by atoms with van der Waals surface area (Å²) < 4.78 is 1.50. The van der Waals surface area contributed by atoms with Gasteiger partial charge in [-0.2, -0.15) is 5.10 Å². The molecule has 0 saturated heterocycles. The first-order valence-corrected chi connectivity index (χ1v) is 7.14. The Morgan fingerprint density at radius 1 is 1.19 bits per heavy atom. The van der Waals surface area contributed by atoms with Gasteiger partial charge in [0.05, 0.1) is 11.4 Å². The normalized spacial score (nSPS) is 11.9. The Morgan fingerprint density at radius 3 is 2.19 bits per heavy atom. The van der Waals surface area contributed by atoms with E-state index in [1.165, 1.54) is 10.2 Å². The van der Waals surface area contributed by atoms with Crippen LogP contribution < -0.4 is 0 Å². The lowest BCUT2D eigenvalue weighted by atomic mass is 9.87. The van der Waals surface area contributed by atoms with Gasteiger partial charge in [-0.25, -0.2) is 9.48 Å². The number of benzene rings is 1. The molecule has 0 radical (unpaired) electrons. The molecule has 0 spiro atoms. The van der Waals surface area contributed by atoms with Crippen LogP contribution in [0.1, 0.15) is 62.3 Å². The molecule has 1 N–H and O–H groups in total. The maximum Gasteiger partial charge on any atom is 0.354 e. The van der Waals surface area contributed by atoms with E-state index in [0.717, 1.165) is 11.4 Å². The van der Waals surface area contributed by atoms with Crippen molar-refractivity contribution in [3.05, 3.63) is 47.3 Å². The predicted molar refractivity (Wildman–Crippen MR) is 83.3 cm³/mol. The monoisotopic (exact) mass is 286 g/mol. The number of carboxylic acid groups (broad SMARTS) is 1. The van der Waals surface area contributed by atoms with Crippen LogP contribution in [0.3, 0.4) is 0 Å². The highest BCUT2D eigenvalue weighted by atomic mass is 16.4. The van der Waals surface area contributed by atoms with Crippen molar-refractivity contribution in [2.75, 3.05) is 0 Å². The quantitative estimate of drug-likeness (QED) is 0.928. The van der Waals surface area contributed by atoms with E-state index in [-0.39, 0.29) is 17.0 Å². The number of carbonyl (C=O) groups is 1. The molecule has 0 unspecified atom stereocenters. The topological polar surface area (TPSA) is 55.1 Å². The summed E-state index contributed by atoms with van der Waals surface area (Å²) in [4.78, 5) is 11.4. The van der Waals surface area contributed by atoms with Crippen LogP contribution in [0.25, 0.3) is 5.69 Å². The zero-order valence-electron chi connectivity index (χ0n) is 13.2. The average Bonchev–Trinajstić information content (AvgIpc) is 2.83. The van der Waals surface area contributed by atoms with Crippen LogP contribution in [-0.2, 0) is 5.41 Å². The molecule has 0 bridgehead atoms. The van der Waals surface area contributed by atoms with Gasteiger partial charge in [0.2, 0.25) is 0 Å². The second-order valence-electron chi connectivity index (χ2n) is 6.62. The largest absolute Gasteiger partial charge is 0.477 e. The Labute approximate surface area is 125 Å². The lowest BCUT2D eigenvalue weighted by Crippen LogP contribution is -2.12. The van der Waals surface area contributed by atoms with E-state index in [2.05, 4.69) is 25.9 Å². The molecule has 2 rings (SSSR count). The van der Waals surface area contributed by atoms with Gasteiger partial charge in [0, 0.05) is 0 Å². The van der Waals surface area contributed by atoms with Crippen molar-refractivity contribution in [3.8, 4) is 5.69 Å². The van der Waals surface area contributed by atoms with Crippen LogP contribution in [0.15, 0.2) is 30.3 Å². The molecule has 4 nitrogen and oxygen atoms in total. The van der Waals surface area contributed by atoms with E-state index < -0.39 is 5.97 Å². The number of hydrogen-bond donors (Lipinski definition) is 1. The fraction of sp³-hybridized carbons (Fsp3) is 0.412. The van der Waals surface area contributed by atoms with Crippen molar-refractivity contribution in [1.82, 2.24) is 9.78 Å². The molecule has 1 heterocycles. The molecule has 0 aliphatic heterocycles. The molecule has 0 fully saturated rings. The minimum atomic E-state index is -0.964. The first-order chi connectivity index (χ1) is 9.70. The van der Waals surface area contributed by atoms with Crippen molar-refractivity contribution in [1.29, 1.82) is 0 Å². The molecule has 0 amide bonds. The minimum Gasteiger partial charge on any atom is -0.477 e. The first-order valence-electron chi connectivity index (χ1n) is 7.14. The zero-order chi connectivity index (χ0) is 15.8. The van der Waals surface area contributed by atoms with Gasteiger partial charge in [-0.15, -0.1) is 0 Å². The summed E-state index contributed by atoms with van der Waals surface area (Å²) in [7, 11) is 0. The summed E-state index contributed by atoms with van der Waals surface area (Å²) in [5.74, 6) is -0.771. The number of aromatic nitrogens is 2. The third kappa shape index (κ3) is 3.15. The van der Waals surface area contributed by atoms with E-state index in [4.69, 9.17) is 0 Å². The molecule has 2 aromatic rings. The van der Waals surface area contributed by atoms with Crippen molar-refractivity contribution < 1.29 is 9.90 Å². The Balaban J connectivity index is 2.48. The van der Waals surface area contributed by atoms with E-state index in [9.17, 15) is 9.90 Å². The molecule has 1 aromatic heterocycles. The Bertz CT molecular complexity index is 646. The van der Waals surface area contributed by atoms with E-state index in [1.807, 2.05) is 38.1 Å². The smallest absolute Gasteiger partial charge is 0.354 e. The average molecular weight is 286 g/mol. The Morgan fingerprint density at radius 2 is 1.76 bits per heavy atom. The van der Waals surface area contributed by atoms with Gasteiger partial charge in [-0.3, -0.25) is 0 Å². The Hall–Kier alpha value is -2.10. The lowest BCUT2D eigenvalue weighted by molar-refractivity contribution is 0.0687. The van der Waals surface area contributed by atoms with Crippen LogP contribution >= 0.6 is 0 Å². The van der Waals surface area contributed by atoms with Crippen molar-refractivity contribution in [2.24, 2.45) is 0 Å². The maximum absolute atomic E-state index is 11.4. The number of carboxylic acids is 1. The SMILES string of the molecule is CC(C)c1cc(C(=O)O)n(-c2ccc(C(C)(C)C)cc2)n1. The Kier molecular flexibility index (Phi) is 3.90.